The zero-order valence-electron chi connectivity index (χ0n) is 17.6. The Morgan fingerprint density at radius 3 is 2.80 bits per heavy atom. The second-order valence-corrected chi connectivity index (χ2v) is 8.92. The van der Waals surface area contributed by atoms with Crippen LogP contribution in [0.25, 0.3) is 0 Å². The normalized spacial score (nSPS) is 18.2. The summed E-state index contributed by atoms with van der Waals surface area (Å²) in [6.07, 6.45) is 1.13. The van der Waals surface area contributed by atoms with Crippen LogP contribution in [0.2, 0.25) is 5.02 Å². The number of hydrogen-bond donors (Lipinski definition) is 1. The van der Waals surface area contributed by atoms with Gasteiger partial charge in [-0.2, -0.15) is 0 Å². The topological polar surface area (TPSA) is 71.0 Å². The van der Waals surface area contributed by atoms with E-state index in [-0.39, 0.29) is 12.3 Å². The molecule has 8 heteroatoms. The lowest BCUT2D eigenvalue weighted by atomic mass is 9.94. The summed E-state index contributed by atoms with van der Waals surface area (Å²) < 4.78 is 5.05. The summed E-state index contributed by atoms with van der Waals surface area (Å²) in [5, 5.41) is 6.20. The van der Waals surface area contributed by atoms with Crippen LogP contribution in [0.5, 0.6) is 0 Å². The van der Waals surface area contributed by atoms with Gasteiger partial charge in [-0.15, -0.1) is 0 Å². The smallest absolute Gasteiger partial charge is 0.338 e. The standard InChI is InChI=1S/C22H26ClN3O3S/c1-13(2)8-9-24-18(27)11-17-12-30-22-25-14(3)19(21(28)29-4)20(26(17)22)15-6-5-7-16(23)10-15/h5-7,10,12-13,20H,8-9,11H2,1-4H3,(H,24,27)/t20-/m0/s1. The Bertz CT molecular complexity index is 939. The van der Waals surface area contributed by atoms with Crippen molar-refractivity contribution >= 4 is 40.4 Å². The molecule has 1 amide bonds. The molecular formula is C22H26ClN3O3S. The second-order valence-electron chi connectivity index (χ2n) is 7.65. The van der Waals surface area contributed by atoms with Gasteiger partial charge in [-0.25, -0.2) is 9.79 Å². The van der Waals surface area contributed by atoms with Crippen molar-refractivity contribution < 1.29 is 14.3 Å². The van der Waals surface area contributed by atoms with Gasteiger partial charge < -0.3 is 15.0 Å². The first-order chi connectivity index (χ1) is 14.3. The number of amides is 1. The van der Waals surface area contributed by atoms with Crippen molar-refractivity contribution in [1.82, 2.24) is 10.2 Å². The third-order valence-corrected chi connectivity index (χ3v) is 6.08. The fourth-order valence-corrected chi connectivity index (χ4v) is 4.62. The van der Waals surface area contributed by atoms with Crippen LogP contribution in [0.1, 0.15) is 45.2 Å². The molecule has 30 heavy (non-hydrogen) atoms. The average molecular weight is 448 g/mol. The number of allylic oxidation sites excluding steroid dienone is 1. The monoisotopic (exact) mass is 447 g/mol. The van der Waals surface area contributed by atoms with Crippen LogP contribution in [0.15, 0.2) is 51.6 Å². The summed E-state index contributed by atoms with van der Waals surface area (Å²) in [5.41, 5.74) is 2.67. The van der Waals surface area contributed by atoms with Crippen molar-refractivity contribution in [1.29, 1.82) is 0 Å². The van der Waals surface area contributed by atoms with Crippen LogP contribution in [0.3, 0.4) is 0 Å². The zero-order chi connectivity index (χ0) is 21.8. The van der Waals surface area contributed by atoms with Gasteiger partial charge in [-0.1, -0.05) is 49.3 Å². The van der Waals surface area contributed by atoms with E-state index in [1.165, 1.54) is 18.9 Å². The molecule has 2 aliphatic rings. The SMILES string of the molecule is COC(=O)C1=C(C)N=C2SC=C(CC(=O)NCCC(C)C)N2[C@H]1c1cccc(Cl)c1. The number of amidine groups is 1. The minimum atomic E-state index is -0.464. The Morgan fingerprint density at radius 1 is 1.37 bits per heavy atom. The number of thioether (sulfide) groups is 1. The highest BCUT2D eigenvalue weighted by Gasteiger charge is 2.41. The molecule has 1 atom stereocenters. The van der Waals surface area contributed by atoms with Crippen LogP contribution < -0.4 is 5.32 Å². The Hall–Kier alpha value is -2.25. The van der Waals surface area contributed by atoms with E-state index >= 15 is 0 Å². The molecule has 1 aromatic rings. The summed E-state index contributed by atoms with van der Waals surface area (Å²) in [6.45, 7) is 6.68. The predicted molar refractivity (Wildman–Crippen MR) is 121 cm³/mol. The number of carbonyl (C=O) groups is 2. The fraction of sp³-hybridized carbons (Fsp3) is 0.409. The van der Waals surface area contributed by atoms with Gasteiger partial charge in [0.15, 0.2) is 5.17 Å². The fourth-order valence-electron chi connectivity index (χ4n) is 3.46. The van der Waals surface area contributed by atoms with Crippen LogP contribution >= 0.6 is 23.4 Å². The van der Waals surface area contributed by atoms with Crippen molar-refractivity contribution in [2.24, 2.45) is 10.9 Å². The molecule has 0 aromatic heterocycles. The largest absolute Gasteiger partial charge is 0.466 e. The van der Waals surface area contributed by atoms with Crippen molar-refractivity contribution in [2.75, 3.05) is 13.7 Å². The molecule has 2 aliphatic heterocycles. The number of methoxy groups -OCH3 is 1. The van der Waals surface area contributed by atoms with Crippen LogP contribution in [0.4, 0.5) is 0 Å². The van der Waals surface area contributed by atoms with Crippen LogP contribution in [-0.2, 0) is 14.3 Å². The molecule has 6 nitrogen and oxygen atoms in total. The molecule has 0 fully saturated rings. The summed E-state index contributed by atoms with van der Waals surface area (Å²) in [6, 6.07) is 6.91. The first-order valence-corrected chi connectivity index (χ1v) is 11.1. The molecule has 0 saturated carbocycles. The number of halogens is 1. The molecule has 3 rings (SSSR count). The lowest BCUT2D eigenvalue weighted by Crippen LogP contribution is -2.38. The molecule has 0 radical (unpaired) electrons. The average Bonchev–Trinajstić information content (AvgIpc) is 3.08. The van der Waals surface area contributed by atoms with E-state index in [9.17, 15) is 9.59 Å². The van der Waals surface area contributed by atoms with Crippen molar-refractivity contribution in [2.45, 2.75) is 39.7 Å². The number of rotatable bonds is 7. The number of esters is 1. The van der Waals surface area contributed by atoms with Gasteiger partial charge in [0.05, 0.1) is 30.8 Å². The number of fused-ring (bicyclic) bond motifs is 1. The number of nitrogens with zero attached hydrogens (tertiary/aromatic N) is 2. The van der Waals surface area contributed by atoms with E-state index in [2.05, 4.69) is 24.2 Å². The first-order valence-electron chi connectivity index (χ1n) is 9.86. The molecule has 0 spiro atoms. The highest BCUT2D eigenvalue weighted by molar-refractivity contribution is 8.16. The minimum absolute atomic E-state index is 0.0560. The molecule has 0 saturated heterocycles. The molecule has 1 N–H and O–H groups in total. The molecular weight excluding hydrogens is 422 g/mol. The molecule has 0 bridgehead atoms. The maximum absolute atomic E-state index is 12.7. The van der Waals surface area contributed by atoms with Gasteiger partial charge in [-0.3, -0.25) is 4.79 Å². The van der Waals surface area contributed by atoms with Gasteiger partial charge in [0.1, 0.15) is 0 Å². The number of ether oxygens (including phenoxy) is 1. The third-order valence-electron chi connectivity index (χ3n) is 4.96. The number of carbonyl (C=O) groups excluding carboxylic acids is 2. The Labute approximate surface area is 186 Å². The van der Waals surface area contributed by atoms with Crippen molar-refractivity contribution in [3.63, 3.8) is 0 Å². The molecule has 160 valence electrons. The zero-order valence-corrected chi connectivity index (χ0v) is 19.1. The van der Waals surface area contributed by atoms with Gasteiger partial charge >= 0.3 is 5.97 Å². The van der Waals surface area contributed by atoms with E-state index in [1.807, 2.05) is 28.5 Å². The van der Waals surface area contributed by atoms with Crippen LogP contribution in [0, 0.1) is 5.92 Å². The van der Waals surface area contributed by atoms with Gasteiger partial charge in [0, 0.05) is 17.3 Å². The summed E-state index contributed by atoms with van der Waals surface area (Å²) in [4.78, 5) is 31.7. The number of benzene rings is 1. The number of nitrogens with one attached hydrogen (secondary N) is 1. The van der Waals surface area contributed by atoms with E-state index < -0.39 is 12.0 Å². The van der Waals surface area contributed by atoms with Crippen molar-refractivity contribution in [3.05, 3.63) is 57.2 Å². The maximum Gasteiger partial charge on any atom is 0.338 e. The van der Waals surface area contributed by atoms with Crippen molar-refractivity contribution in [3.8, 4) is 0 Å². The molecule has 1 aromatic carbocycles. The van der Waals surface area contributed by atoms with Crippen LogP contribution in [-0.4, -0.2) is 35.6 Å². The molecule has 0 aliphatic carbocycles. The highest BCUT2D eigenvalue weighted by Crippen LogP contribution is 2.45. The predicted octanol–water partition coefficient (Wildman–Crippen LogP) is 4.64. The quantitative estimate of drug-likeness (QED) is 0.616. The van der Waals surface area contributed by atoms with E-state index in [0.29, 0.717) is 28.8 Å². The van der Waals surface area contributed by atoms with E-state index in [0.717, 1.165) is 22.8 Å². The van der Waals surface area contributed by atoms with E-state index in [1.54, 1.807) is 13.0 Å². The second kappa shape index (κ2) is 9.71. The Balaban J connectivity index is 1.92. The summed E-state index contributed by atoms with van der Waals surface area (Å²) >= 11 is 7.69. The lowest BCUT2D eigenvalue weighted by Gasteiger charge is -2.36. The summed E-state index contributed by atoms with van der Waals surface area (Å²) in [7, 11) is 1.36. The van der Waals surface area contributed by atoms with Gasteiger partial charge in [0.2, 0.25) is 5.91 Å². The summed E-state index contributed by atoms with van der Waals surface area (Å²) in [5.74, 6) is 0.0210. The lowest BCUT2D eigenvalue weighted by molar-refractivity contribution is -0.136. The molecule has 2 heterocycles. The maximum atomic E-state index is 12.7. The Morgan fingerprint density at radius 2 is 2.13 bits per heavy atom. The minimum Gasteiger partial charge on any atom is -0.466 e. The molecule has 0 unspecified atom stereocenters. The number of aliphatic imine (C=N–C) groups is 1. The highest BCUT2D eigenvalue weighted by atomic mass is 35.5. The van der Waals surface area contributed by atoms with Gasteiger partial charge in [-0.05, 0) is 42.4 Å². The van der Waals surface area contributed by atoms with E-state index in [4.69, 9.17) is 16.3 Å². The number of hydrogen-bond acceptors (Lipinski definition) is 6. The third kappa shape index (κ3) is 4.90. The first kappa shape index (κ1) is 22.4. The van der Waals surface area contributed by atoms with Gasteiger partial charge in [0.25, 0.3) is 0 Å². The Kier molecular flexibility index (Phi) is 7.26.